The molecule has 0 saturated heterocycles. The van der Waals surface area contributed by atoms with Gasteiger partial charge >= 0.3 is 22.5 Å². The molecule has 0 atom stereocenters. The number of carbonyl (C=O) groups is 2. The van der Waals surface area contributed by atoms with Crippen molar-refractivity contribution in [3.8, 4) is 0 Å². The second-order valence-electron chi connectivity index (χ2n) is 1.47. The standard InChI is InChI=1S/2CH5N3O.H2O4S/c2*2-1(5)4-3;1-5(2,3)4/h2*3H2,(H3,2,4,5);(H2,1,2,3,4). The summed E-state index contributed by atoms with van der Waals surface area (Å²) in [6.07, 6.45) is 0. The van der Waals surface area contributed by atoms with Crippen LogP contribution in [0.25, 0.3) is 0 Å². The molecule has 0 fully saturated rings. The third kappa shape index (κ3) is 242. The van der Waals surface area contributed by atoms with Gasteiger partial charge < -0.3 is 11.5 Å². The third-order valence-corrected chi connectivity index (χ3v) is 0.285. The lowest BCUT2D eigenvalue weighted by molar-refractivity contribution is 0.248. The second-order valence-corrected chi connectivity index (χ2v) is 2.36. The first-order valence-corrected chi connectivity index (χ1v) is 4.16. The van der Waals surface area contributed by atoms with E-state index < -0.39 is 22.5 Å². The number of hydrazine groups is 2. The molecular formula is C2H12N6O6S. The zero-order valence-corrected chi connectivity index (χ0v) is 8.06. The number of carbonyl (C=O) groups excluding carboxylic acids is 2. The predicted octanol–water partition coefficient (Wildman–Crippen LogP) is -3.60. The van der Waals surface area contributed by atoms with E-state index in [0.29, 0.717) is 0 Å². The van der Waals surface area contributed by atoms with Crippen LogP contribution in [-0.2, 0) is 10.4 Å². The molecule has 0 aromatic rings. The molecule has 0 unspecified atom stereocenters. The second kappa shape index (κ2) is 10.4. The van der Waals surface area contributed by atoms with Crippen LogP contribution in [0.2, 0.25) is 0 Å². The molecule has 0 aliphatic rings. The van der Waals surface area contributed by atoms with Crippen LogP contribution < -0.4 is 34.0 Å². The van der Waals surface area contributed by atoms with Gasteiger partial charge in [-0.25, -0.2) is 21.3 Å². The van der Waals surface area contributed by atoms with Gasteiger partial charge in [-0.3, -0.25) is 20.0 Å². The van der Waals surface area contributed by atoms with Crippen molar-refractivity contribution >= 4 is 22.5 Å². The van der Waals surface area contributed by atoms with E-state index in [1.165, 1.54) is 0 Å². The number of hydrogen-bond donors (Lipinski definition) is 8. The summed E-state index contributed by atoms with van der Waals surface area (Å²) < 4.78 is 31.6. The number of primary amides is 2. The van der Waals surface area contributed by atoms with Crippen molar-refractivity contribution in [2.24, 2.45) is 23.2 Å². The van der Waals surface area contributed by atoms with Gasteiger partial charge in [-0.05, 0) is 0 Å². The molecule has 0 saturated carbocycles. The molecule has 92 valence electrons. The zero-order valence-electron chi connectivity index (χ0n) is 7.25. The van der Waals surface area contributed by atoms with E-state index in [2.05, 4.69) is 23.2 Å². The molecule has 0 spiro atoms. The highest BCUT2D eigenvalue weighted by Gasteiger charge is 1.84. The SMILES string of the molecule is NNC(N)=O.NNC(N)=O.O=S(=O)(O)O. The maximum absolute atomic E-state index is 9.35. The van der Waals surface area contributed by atoms with Gasteiger partial charge in [-0.15, -0.1) is 0 Å². The fourth-order valence-electron chi connectivity index (χ4n) is 0. The quantitative estimate of drug-likeness (QED) is 0.0919. The van der Waals surface area contributed by atoms with E-state index in [1.807, 2.05) is 0 Å². The molecule has 0 heterocycles. The first kappa shape index (κ1) is 19.0. The minimum Gasteiger partial charge on any atom is -0.351 e. The molecule has 0 aliphatic heterocycles. The summed E-state index contributed by atoms with van der Waals surface area (Å²) >= 11 is 0. The monoisotopic (exact) mass is 248 g/mol. The Bertz CT molecular complexity index is 251. The molecule has 0 rings (SSSR count). The van der Waals surface area contributed by atoms with E-state index in [-0.39, 0.29) is 0 Å². The van der Waals surface area contributed by atoms with Crippen LogP contribution in [0.5, 0.6) is 0 Å². The lowest BCUT2D eigenvalue weighted by atomic mass is 11.2. The van der Waals surface area contributed by atoms with E-state index in [9.17, 15) is 9.59 Å². The molecule has 13 heteroatoms. The first-order valence-electron chi connectivity index (χ1n) is 2.76. The van der Waals surface area contributed by atoms with Crippen molar-refractivity contribution in [2.75, 3.05) is 0 Å². The summed E-state index contributed by atoms with van der Waals surface area (Å²) in [6.45, 7) is 0. The molecule has 12 N–H and O–H groups in total. The van der Waals surface area contributed by atoms with Gasteiger partial charge in [0.25, 0.3) is 0 Å². The fraction of sp³-hybridized carbons (Fsp3) is 0. The van der Waals surface area contributed by atoms with Crippen molar-refractivity contribution in [1.82, 2.24) is 10.9 Å². The maximum Gasteiger partial charge on any atom is 0.394 e. The molecule has 15 heavy (non-hydrogen) atoms. The van der Waals surface area contributed by atoms with Crippen molar-refractivity contribution in [3.05, 3.63) is 0 Å². The fourth-order valence-corrected chi connectivity index (χ4v) is 0. The van der Waals surface area contributed by atoms with E-state index in [4.69, 9.17) is 17.5 Å². The topological polar surface area (TPSA) is 237 Å². The lowest BCUT2D eigenvalue weighted by Crippen LogP contribution is -2.34. The van der Waals surface area contributed by atoms with Crippen LogP contribution in [0.4, 0.5) is 9.59 Å². The molecule has 0 radical (unpaired) electrons. The minimum absolute atomic E-state index is 0.718. The first-order chi connectivity index (χ1) is 6.54. The Kier molecular flexibility index (Phi) is 13.2. The number of nitrogens with two attached hydrogens (primary N) is 4. The van der Waals surface area contributed by atoms with Crippen LogP contribution in [0, 0.1) is 0 Å². The maximum atomic E-state index is 9.35. The highest BCUT2D eigenvalue weighted by molar-refractivity contribution is 7.79. The lowest BCUT2D eigenvalue weighted by Gasteiger charge is -1.81. The zero-order chi connectivity index (χ0) is 13.1. The molecule has 0 aromatic carbocycles. The largest absolute Gasteiger partial charge is 0.394 e. The molecule has 0 aliphatic carbocycles. The summed E-state index contributed by atoms with van der Waals surface area (Å²) in [6, 6.07) is -1.44. The van der Waals surface area contributed by atoms with Gasteiger partial charge in [0, 0.05) is 0 Å². The summed E-state index contributed by atoms with van der Waals surface area (Å²) in [7, 11) is -4.67. The molecule has 0 bridgehead atoms. The van der Waals surface area contributed by atoms with Crippen LogP contribution in [0.1, 0.15) is 0 Å². The summed E-state index contributed by atoms with van der Waals surface area (Å²) in [5.74, 6) is 8.89. The van der Waals surface area contributed by atoms with Gasteiger partial charge in [0.2, 0.25) is 0 Å². The molecule has 4 amide bonds. The van der Waals surface area contributed by atoms with Crippen molar-refractivity contribution in [1.29, 1.82) is 0 Å². The van der Waals surface area contributed by atoms with Crippen LogP contribution in [0.15, 0.2) is 0 Å². The van der Waals surface area contributed by atoms with E-state index >= 15 is 0 Å². The Hall–Kier alpha value is -1.67. The average molecular weight is 248 g/mol. The number of nitrogens with one attached hydrogen (secondary N) is 2. The van der Waals surface area contributed by atoms with Crippen LogP contribution in [0.3, 0.4) is 0 Å². The Labute approximate surface area is 84.5 Å². The predicted molar refractivity (Wildman–Crippen MR) is 48.0 cm³/mol. The van der Waals surface area contributed by atoms with Gasteiger partial charge in [0.1, 0.15) is 0 Å². The summed E-state index contributed by atoms with van der Waals surface area (Å²) in [5, 5.41) is 0. The van der Waals surface area contributed by atoms with Crippen LogP contribution >= 0.6 is 0 Å². The van der Waals surface area contributed by atoms with Crippen molar-refractivity contribution in [2.45, 2.75) is 0 Å². The molecule has 0 aromatic heterocycles. The smallest absolute Gasteiger partial charge is 0.351 e. The van der Waals surface area contributed by atoms with Gasteiger partial charge in [0.05, 0.1) is 0 Å². The molecule has 12 nitrogen and oxygen atoms in total. The van der Waals surface area contributed by atoms with Crippen molar-refractivity contribution in [3.63, 3.8) is 0 Å². The van der Waals surface area contributed by atoms with E-state index in [0.717, 1.165) is 0 Å². The third-order valence-electron chi connectivity index (χ3n) is 0.285. The Morgan fingerprint density at radius 1 is 0.933 bits per heavy atom. The summed E-state index contributed by atoms with van der Waals surface area (Å²) in [4.78, 5) is 18.7. The Morgan fingerprint density at radius 3 is 1.00 bits per heavy atom. The number of amides is 4. The Morgan fingerprint density at radius 2 is 1.00 bits per heavy atom. The molecular weight excluding hydrogens is 236 g/mol. The van der Waals surface area contributed by atoms with Crippen molar-refractivity contribution < 1.29 is 27.1 Å². The van der Waals surface area contributed by atoms with Gasteiger partial charge in [0.15, 0.2) is 0 Å². The normalized spacial score (nSPS) is 8.27. The summed E-state index contributed by atoms with van der Waals surface area (Å²) in [5.41, 5.74) is 12.2. The Balaban J connectivity index is -0.000000144. The average Bonchev–Trinajstić information content (AvgIpc) is 2.02. The number of urea groups is 2. The van der Waals surface area contributed by atoms with Gasteiger partial charge in [-0.2, -0.15) is 8.42 Å². The van der Waals surface area contributed by atoms with Crippen LogP contribution in [-0.4, -0.2) is 29.6 Å². The number of hydrogen-bond acceptors (Lipinski definition) is 6. The highest BCUT2D eigenvalue weighted by atomic mass is 32.3. The minimum atomic E-state index is -4.67. The van der Waals surface area contributed by atoms with Gasteiger partial charge in [-0.1, -0.05) is 0 Å². The number of rotatable bonds is 0. The van der Waals surface area contributed by atoms with E-state index in [1.54, 1.807) is 10.9 Å². The highest BCUT2D eigenvalue weighted by Crippen LogP contribution is 1.59.